The first-order chi connectivity index (χ1) is 9.72. The third-order valence-corrected chi connectivity index (χ3v) is 2.85. The van der Waals surface area contributed by atoms with Crippen LogP contribution in [0.2, 0.25) is 5.02 Å². The molecular formula is C12H11ClF2N2O4. The van der Waals surface area contributed by atoms with E-state index in [0.29, 0.717) is 12.1 Å². The summed E-state index contributed by atoms with van der Waals surface area (Å²) in [5.74, 6) is -5.67. The number of carboxylic acids is 1. The highest BCUT2D eigenvalue weighted by atomic mass is 35.5. The van der Waals surface area contributed by atoms with E-state index >= 15 is 0 Å². The van der Waals surface area contributed by atoms with Crippen LogP contribution >= 0.6 is 11.6 Å². The molecular weight excluding hydrogens is 310 g/mol. The van der Waals surface area contributed by atoms with Gasteiger partial charge in [0, 0.05) is 6.42 Å². The lowest BCUT2D eigenvalue weighted by atomic mass is 10.1. The Labute approximate surface area is 122 Å². The fourth-order valence-electron chi connectivity index (χ4n) is 1.48. The number of carbonyl (C=O) groups excluding carboxylic acids is 2. The highest BCUT2D eigenvalue weighted by molar-refractivity contribution is 6.33. The van der Waals surface area contributed by atoms with Crippen LogP contribution in [0.3, 0.4) is 0 Å². The van der Waals surface area contributed by atoms with Crippen molar-refractivity contribution in [2.24, 2.45) is 5.73 Å². The normalized spacial score (nSPS) is 11.8. The van der Waals surface area contributed by atoms with E-state index in [4.69, 9.17) is 22.4 Å². The lowest BCUT2D eigenvalue weighted by molar-refractivity contribution is -0.139. The number of nitrogens with two attached hydrogens (primary N) is 1. The van der Waals surface area contributed by atoms with Gasteiger partial charge in [0.2, 0.25) is 5.91 Å². The minimum atomic E-state index is -1.41. The van der Waals surface area contributed by atoms with Crippen molar-refractivity contribution in [3.05, 3.63) is 34.4 Å². The molecule has 1 rings (SSSR count). The van der Waals surface area contributed by atoms with E-state index in [9.17, 15) is 23.2 Å². The quantitative estimate of drug-likeness (QED) is 0.681. The van der Waals surface area contributed by atoms with E-state index in [2.05, 4.69) is 5.32 Å². The van der Waals surface area contributed by atoms with E-state index < -0.39 is 41.0 Å². The van der Waals surface area contributed by atoms with Crippen LogP contribution in [0, 0.1) is 11.6 Å². The number of nitrogens with one attached hydrogen (secondary N) is 1. The zero-order valence-corrected chi connectivity index (χ0v) is 11.3. The van der Waals surface area contributed by atoms with Crippen molar-refractivity contribution in [3.8, 4) is 0 Å². The minimum absolute atomic E-state index is 0.238. The largest absolute Gasteiger partial charge is 0.480 e. The predicted octanol–water partition coefficient (Wildman–Crippen LogP) is 1.07. The molecule has 0 aliphatic heterocycles. The zero-order valence-electron chi connectivity index (χ0n) is 10.5. The Bertz CT molecular complexity index is 595. The molecule has 0 heterocycles. The molecule has 0 bridgehead atoms. The summed E-state index contributed by atoms with van der Waals surface area (Å²) in [4.78, 5) is 33.4. The topological polar surface area (TPSA) is 109 Å². The second-order valence-electron chi connectivity index (χ2n) is 4.12. The first-order valence-corrected chi connectivity index (χ1v) is 6.06. The standard InChI is InChI=1S/C12H11ClF2N2O4/c13-6-4-8(15)7(14)3-5(6)11(19)17-9(12(20)21)1-2-10(16)18/h3-4,9H,1-2H2,(H2,16,18)(H,17,19)(H,20,21)/t9-/m0/s1. The van der Waals surface area contributed by atoms with E-state index in [1.165, 1.54) is 0 Å². The molecule has 0 saturated heterocycles. The molecule has 0 aromatic heterocycles. The molecule has 0 unspecified atom stereocenters. The number of halogens is 3. The van der Waals surface area contributed by atoms with Crippen LogP contribution in [0.1, 0.15) is 23.2 Å². The van der Waals surface area contributed by atoms with Crippen LogP contribution < -0.4 is 11.1 Å². The summed E-state index contributed by atoms with van der Waals surface area (Å²) >= 11 is 5.60. The number of amides is 2. The van der Waals surface area contributed by atoms with Crippen molar-refractivity contribution in [2.45, 2.75) is 18.9 Å². The molecule has 114 valence electrons. The Kier molecular flexibility index (Phi) is 5.60. The molecule has 1 atom stereocenters. The van der Waals surface area contributed by atoms with E-state index in [1.54, 1.807) is 0 Å². The number of benzene rings is 1. The number of carbonyl (C=O) groups is 3. The number of primary amides is 1. The highest BCUT2D eigenvalue weighted by Gasteiger charge is 2.23. The van der Waals surface area contributed by atoms with Gasteiger partial charge in [-0.1, -0.05) is 11.6 Å². The summed E-state index contributed by atoms with van der Waals surface area (Å²) in [6, 6.07) is -0.250. The summed E-state index contributed by atoms with van der Waals surface area (Å²) in [6.07, 6.45) is -0.500. The third kappa shape index (κ3) is 4.67. The maximum Gasteiger partial charge on any atom is 0.326 e. The Hall–Kier alpha value is -2.22. The molecule has 0 saturated carbocycles. The fourth-order valence-corrected chi connectivity index (χ4v) is 1.71. The second-order valence-corrected chi connectivity index (χ2v) is 4.52. The summed E-state index contributed by atoms with van der Waals surface area (Å²) in [5.41, 5.74) is 4.47. The average Bonchev–Trinajstić information content (AvgIpc) is 2.37. The van der Waals surface area contributed by atoms with Gasteiger partial charge in [-0.2, -0.15) is 0 Å². The second kappa shape index (κ2) is 6.98. The highest BCUT2D eigenvalue weighted by Crippen LogP contribution is 2.20. The smallest absolute Gasteiger partial charge is 0.326 e. The molecule has 0 spiro atoms. The average molecular weight is 321 g/mol. The van der Waals surface area contributed by atoms with Gasteiger partial charge in [0.1, 0.15) is 6.04 Å². The molecule has 4 N–H and O–H groups in total. The summed E-state index contributed by atoms with van der Waals surface area (Å²) in [5, 5.41) is 10.6. The van der Waals surface area contributed by atoms with Crippen LogP contribution in [0.5, 0.6) is 0 Å². The van der Waals surface area contributed by atoms with Gasteiger partial charge in [0.25, 0.3) is 5.91 Å². The van der Waals surface area contributed by atoms with Crippen molar-refractivity contribution in [2.75, 3.05) is 0 Å². The predicted molar refractivity (Wildman–Crippen MR) is 68.7 cm³/mol. The monoisotopic (exact) mass is 320 g/mol. The Morgan fingerprint density at radius 2 is 1.86 bits per heavy atom. The molecule has 21 heavy (non-hydrogen) atoms. The number of aliphatic carboxylic acids is 1. The van der Waals surface area contributed by atoms with Gasteiger partial charge in [-0.3, -0.25) is 9.59 Å². The maximum atomic E-state index is 13.1. The van der Waals surface area contributed by atoms with Crippen molar-refractivity contribution in [1.82, 2.24) is 5.32 Å². The van der Waals surface area contributed by atoms with Crippen molar-refractivity contribution >= 4 is 29.4 Å². The first-order valence-electron chi connectivity index (χ1n) is 5.69. The molecule has 0 fully saturated rings. The SMILES string of the molecule is NC(=O)CC[C@H](NC(=O)c1cc(F)c(F)cc1Cl)C(=O)O. The molecule has 0 aliphatic rings. The number of carboxylic acid groups (broad SMARTS) is 1. The molecule has 1 aromatic carbocycles. The number of rotatable bonds is 6. The van der Waals surface area contributed by atoms with Gasteiger partial charge in [-0.25, -0.2) is 13.6 Å². The Morgan fingerprint density at radius 1 is 1.29 bits per heavy atom. The van der Waals surface area contributed by atoms with Gasteiger partial charge in [0.15, 0.2) is 11.6 Å². The van der Waals surface area contributed by atoms with Crippen molar-refractivity contribution < 1.29 is 28.3 Å². The number of hydrogen-bond acceptors (Lipinski definition) is 3. The van der Waals surface area contributed by atoms with E-state index in [-0.39, 0.29) is 17.9 Å². The fraction of sp³-hybridized carbons (Fsp3) is 0.250. The first kappa shape index (κ1) is 16.8. The lowest BCUT2D eigenvalue weighted by Gasteiger charge is -2.14. The lowest BCUT2D eigenvalue weighted by Crippen LogP contribution is -2.41. The van der Waals surface area contributed by atoms with E-state index in [0.717, 1.165) is 0 Å². The Balaban J connectivity index is 2.89. The molecule has 0 aliphatic carbocycles. The van der Waals surface area contributed by atoms with Gasteiger partial charge < -0.3 is 16.2 Å². The van der Waals surface area contributed by atoms with Crippen molar-refractivity contribution in [1.29, 1.82) is 0 Å². The molecule has 0 radical (unpaired) electrons. The molecule has 9 heteroatoms. The molecule has 2 amide bonds. The Morgan fingerprint density at radius 3 is 2.38 bits per heavy atom. The van der Waals surface area contributed by atoms with Crippen LogP contribution in [0.25, 0.3) is 0 Å². The number of hydrogen-bond donors (Lipinski definition) is 3. The maximum absolute atomic E-state index is 13.1. The van der Waals surface area contributed by atoms with Crippen LogP contribution in [0.4, 0.5) is 8.78 Å². The summed E-state index contributed by atoms with van der Waals surface area (Å²) in [7, 11) is 0. The third-order valence-electron chi connectivity index (χ3n) is 2.54. The van der Waals surface area contributed by atoms with Gasteiger partial charge in [-0.05, 0) is 18.6 Å². The minimum Gasteiger partial charge on any atom is -0.480 e. The van der Waals surface area contributed by atoms with Gasteiger partial charge >= 0.3 is 5.97 Å². The van der Waals surface area contributed by atoms with Gasteiger partial charge in [-0.15, -0.1) is 0 Å². The van der Waals surface area contributed by atoms with Crippen LogP contribution in [0.15, 0.2) is 12.1 Å². The van der Waals surface area contributed by atoms with Gasteiger partial charge in [0.05, 0.1) is 10.6 Å². The van der Waals surface area contributed by atoms with Crippen LogP contribution in [-0.4, -0.2) is 28.9 Å². The van der Waals surface area contributed by atoms with Crippen LogP contribution in [-0.2, 0) is 9.59 Å². The summed E-state index contributed by atoms with van der Waals surface area (Å²) < 4.78 is 26.0. The van der Waals surface area contributed by atoms with Crippen molar-refractivity contribution in [3.63, 3.8) is 0 Å². The molecule has 1 aromatic rings. The zero-order chi connectivity index (χ0) is 16.2. The molecule has 6 nitrogen and oxygen atoms in total. The van der Waals surface area contributed by atoms with E-state index in [1.807, 2.05) is 0 Å². The summed E-state index contributed by atoms with van der Waals surface area (Å²) in [6.45, 7) is 0.